The van der Waals surface area contributed by atoms with Crippen LogP contribution in [-0.4, -0.2) is 104 Å². The molecule has 0 aliphatic carbocycles. The van der Waals surface area contributed by atoms with Gasteiger partial charge in [-0.05, 0) is 117 Å². The molecule has 14 N–H and O–H groups in total. The molecular formula is C24H60N10. The lowest BCUT2D eigenvalue weighted by molar-refractivity contribution is 0.414. The maximum Gasteiger partial charge on any atom is 0.0192 e. The number of nitrogens with one attached hydrogen (secondary N) is 6. The van der Waals surface area contributed by atoms with E-state index in [1.807, 2.05) is 0 Å². The molecule has 0 rings (SSSR count). The molecule has 0 fully saturated rings. The topological polar surface area (TPSA) is 176 Å². The molecule has 2 unspecified atom stereocenters. The zero-order valence-corrected chi connectivity index (χ0v) is 22.0. The summed E-state index contributed by atoms with van der Waals surface area (Å²) < 4.78 is 0. The summed E-state index contributed by atoms with van der Waals surface area (Å²) in [6.45, 7) is 13.0. The van der Waals surface area contributed by atoms with Gasteiger partial charge in [0.1, 0.15) is 0 Å². The quantitative estimate of drug-likeness (QED) is 0.0541. The van der Waals surface area contributed by atoms with Gasteiger partial charge in [0.15, 0.2) is 0 Å². The van der Waals surface area contributed by atoms with Gasteiger partial charge in [-0.3, -0.25) is 0 Å². The lowest BCUT2D eigenvalue weighted by Crippen LogP contribution is -2.44. The van der Waals surface area contributed by atoms with Crippen LogP contribution in [0.25, 0.3) is 0 Å². The van der Waals surface area contributed by atoms with Crippen LogP contribution in [0.4, 0.5) is 0 Å². The van der Waals surface area contributed by atoms with E-state index in [2.05, 4.69) is 31.9 Å². The van der Waals surface area contributed by atoms with Gasteiger partial charge in [0.05, 0.1) is 0 Å². The van der Waals surface area contributed by atoms with Gasteiger partial charge >= 0.3 is 0 Å². The van der Waals surface area contributed by atoms with Gasteiger partial charge in [-0.25, -0.2) is 0 Å². The van der Waals surface area contributed by atoms with Crippen molar-refractivity contribution in [3.05, 3.63) is 0 Å². The highest BCUT2D eigenvalue weighted by molar-refractivity contribution is 4.73. The van der Waals surface area contributed by atoms with Gasteiger partial charge in [-0.2, -0.15) is 0 Å². The van der Waals surface area contributed by atoms with Crippen molar-refractivity contribution in [2.24, 2.45) is 22.9 Å². The fourth-order valence-electron chi connectivity index (χ4n) is 3.75. The second-order valence-corrected chi connectivity index (χ2v) is 9.06. The van der Waals surface area contributed by atoms with Crippen molar-refractivity contribution in [1.82, 2.24) is 31.9 Å². The molecule has 0 saturated carbocycles. The molecule has 0 aliphatic rings. The highest BCUT2D eigenvalue weighted by Crippen LogP contribution is 1.97. The molecule has 0 aromatic carbocycles. The zero-order valence-electron chi connectivity index (χ0n) is 22.0. The van der Waals surface area contributed by atoms with Crippen molar-refractivity contribution in [1.29, 1.82) is 0 Å². The van der Waals surface area contributed by atoms with Crippen LogP contribution in [0.15, 0.2) is 0 Å². The fraction of sp³-hybridized carbons (Fsp3) is 1.00. The predicted molar refractivity (Wildman–Crippen MR) is 148 cm³/mol. The molecule has 0 bridgehead atoms. The predicted octanol–water partition coefficient (Wildman–Crippen LogP) is -1.78. The number of hydrogen-bond donors (Lipinski definition) is 10. The average molecular weight is 489 g/mol. The zero-order chi connectivity index (χ0) is 25.0. The van der Waals surface area contributed by atoms with Crippen LogP contribution in [0.2, 0.25) is 0 Å². The molecule has 0 aromatic rings. The van der Waals surface area contributed by atoms with Gasteiger partial charge in [0, 0.05) is 38.3 Å². The SMILES string of the molecule is NCCCNCCCC(CNCCNCC(CCCNCCCN)NCCCN)NCCCN. The Morgan fingerprint density at radius 3 is 1.12 bits per heavy atom. The maximum absolute atomic E-state index is 5.65. The molecule has 0 radical (unpaired) electrons. The molecule has 2 atom stereocenters. The smallest absolute Gasteiger partial charge is 0.0192 e. The molecule has 0 heterocycles. The largest absolute Gasteiger partial charge is 0.330 e. The third-order valence-electron chi connectivity index (χ3n) is 5.82. The van der Waals surface area contributed by atoms with Gasteiger partial charge < -0.3 is 54.8 Å². The monoisotopic (exact) mass is 489 g/mol. The van der Waals surface area contributed by atoms with Crippen molar-refractivity contribution in [2.45, 2.75) is 63.5 Å². The second-order valence-electron chi connectivity index (χ2n) is 9.06. The summed E-state index contributed by atoms with van der Waals surface area (Å²) in [6.07, 6.45) is 8.79. The minimum atomic E-state index is 0.486. The Labute approximate surface area is 210 Å². The molecule has 0 aromatic heterocycles. The van der Waals surface area contributed by atoms with Crippen molar-refractivity contribution in [3.63, 3.8) is 0 Å². The van der Waals surface area contributed by atoms with Crippen LogP contribution >= 0.6 is 0 Å². The van der Waals surface area contributed by atoms with Gasteiger partial charge in [-0.15, -0.1) is 0 Å². The molecule has 0 amide bonds. The third-order valence-corrected chi connectivity index (χ3v) is 5.82. The molecule has 0 aliphatic heterocycles. The van der Waals surface area contributed by atoms with E-state index in [-0.39, 0.29) is 0 Å². The van der Waals surface area contributed by atoms with Crippen molar-refractivity contribution in [2.75, 3.05) is 91.6 Å². The summed E-state index contributed by atoms with van der Waals surface area (Å²) in [5, 5.41) is 21.5. The van der Waals surface area contributed by atoms with E-state index in [4.69, 9.17) is 22.9 Å². The number of nitrogens with two attached hydrogens (primary N) is 4. The first-order valence-corrected chi connectivity index (χ1v) is 13.9. The summed E-state index contributed by atoms with van der Waals surface area (Å²) in [4.78, 5) is 0. The average Bonchev–Trinajstić information content (AvgIpc) is 2.84. The van der Waals surface area contributed by atoms with E-state index in [9.17, 15) is 0 Å². The highest BCUT2D eigenvalue weighted by Gasteiger charge is 2.09. The molecule has 34 heavy (non-hydrogen) atoms. The summed E-state index contributed by atoms with van der Waals surface area (Å²) >= 11 is 0. The summed E-state index contributed by atoms with van der Waals surface area (Å²) in [7, 11) is 0. The molecule has 0 spiro atoms. The molecule has 10 heteroatoms. The number of hydrogen-bond acceptors (Lipinski definition) is 10. The minimum Gasteiger partial charge on any atom is -0.330 e. The second kappa shape index (κ2) is 28.8. The Balaban J connectivity index is 4.02. The Morgan fingerprint density at radius 2 is 0.735 bits per heavy atom. The van der Waals surface area contributed by atoms with Crippen LogP contribution < -0.4 is 54.8 Å². The van der Waals surface area contributed by atoms with E-state index >= 15 is 0 Å². The first kappa shape index (κ1) is 33.6. The van der Waals surface area contributed by atoms with Crippen LogP contribution in [0, 0.1) is 0 Å². The Hall–Kier alpha value is -0.400. The lowest BCUT2D eigenvalue weighted by atomic mass is 10.1. The van der Waals surface area contributed by atoms with Crippen molar-refractivity contribution in [3.8, 4) is 0 Å². The maximum atomic E-state index is 5.65. The first-order valence-electron chi connectivity index (χ1n) is 13.9. The van der Waals surface area contributed by atoms with Crippen LogP contribution in [0.5, 0.6) is 0 Å². The number of rotatable bonds is 29. The Kier molecular flexibility index (Phi) is 28.5. The molecular weight excluding hydrogens is 428 g/mol. The lowest BCUT2D eigenvalue weighted by Gasteiger charge is -2.21. The molecule has 0 saturated heterocycles. The van der Waals surface area contributed by atoms with E-state index in [0.717, 1.165) is 130 Å². The summed E-state index contributed by atoms with van der Waals surface area (Å²) in [6, 6.07) is 0.973. The summed E-state index contributed by atoms with van der Waals surface area (Å²) in [5.41, 5.74) is 22.4. The van der Waals surface area contributed by atoms with E-state index in [0.29, 0.717) is 12.1 Å². The summed E-state index contributed by atoms with van der Waals surface area (Å²) in [5.74, 6) is 0. The van der Waals surface area contributed by atoms with Crippen LogP contribution in [-0.2, 0) is 0 Å². The van der Waals surface area contributed by atoms with Crippen LogP contribution in [0.3, 0.4) is 0 Å². The van der Waals surface area contributed by atoms with Crippen molar-refractivity contribution >= 4 is 0 Å². The third kappa shape index (κ3) is 24.7. The molecule has 10 nitrogen and oxygen atoms in total. The normalized spacial score (nSPS) is 13.4. The van der Waals surface area contributed by atoms with E-state index in [1.54, 1.807) is 0 Å². The Bertz CT molecular complexity index is 342. The van der Waals surface area contributed by atoms with Gasteiger partial charge in [0.25, 0.3) is 0 Å². The fourth-order valence-corrected chi connectivity index (χ4v) is 3.75. The molecule has 206 valence electrons. The standard InChI is InChI=1S/C24H60N10/c25-9-3-15-29-13-1-7-23(33-17-5-11-27)21-31-19-20-32-22-24(34-18-6-12-28)8-2-14-30-16-4-10-26/h23-24,29-34H,1-22,25-28H2. The first-order chi connectivity index (χ1) is 16.8. The van der Waals surface area contributed by atoms with Gasteiger partial charge in [-0.1, -0.05) is 0 Å². The van der Waals surface area contributed by atoms with Crippen LogP contribution in [0.1, 0.15) is 51.4 Å². The van der Waals surface area contributed by atoms with E-state index in [1.165, 1.54) is 12.8 Å². The Morgan fingerprint density at radius 1 is 0.382 bits per heavy atom. The van der Waals surface area contributed by atoms with Crippen molar-refractivity contribution < 1.29 is 0 Å². The van der Waals surface area contributed by atoms with E-state index < -0.39 is 0 Å². The van der Waals surface area contributed by atoms with Gasteiger partial charge in [0.2, 0.25) is 0 Å². The minimum absolute atomic E-state index is 0.486. The highest BCUT2D eigenvalue weighted by atomic mass is 15.0.